The highest BCUT2D eigenvalue weighted by atomic mass is 16.6. The molecule has 0 unspecified atom stereocenters. The summed E-state index contributed by atoms with van der Waals surface area (Å²) in [5.74, 6) is 0.544. The summed E-state index contributed by atoms with van der Waals surface area (Å²) in [6, 6.07) is 5.45. The molecule has 0 radical (unpaired) electrons. The van der Waals surface area contributed by atoms with E-state index in [1.165, 1.54) is 0 Å². The first-order valence-electron chi connectivity index (χ1n) is 7.47. The predicted molar refractivity (Wildman–Crippen MR) is 82.8 cm³/mol. The quantitative estimate of drug-likeness (QED) is 0.640. The first-order chi connectivity index (χ1) is 10.6. The lowest BCUT2D eigenvalue weighted by molar-refractivity contribution is -0.384. The third kappa shape index (κ3) is 3.08. The third-order valence-electron chi connectivity index (χ3n) is 4.20. The van der Waals surface area contributed by atoms with E-state index in [1.54, 1.807) is 12.3 Å². The fraction of sp³-hybridized carbons (Fsp3) is 0.467. The van der Waals surface area contributed by atoms with Crippen LogP contribution < -0.4 is 4.90 Å². The van der Waals surface area contributed by atoms with Crippen LogP contribution in [0.4, 0.5) is 11.4 Å². The number of benzene rings is 1. The molecular weight excluding hydrogens is 282 g/mol. The minimum Gasteiger partial charge on any atom is -0.366 e. The number of hydrogen-bond acceptors (Lipinski definition) is 5. The van der Waals surface area contributed by atoms with Crippen molar-refractivity contribution in [3.8, 4) is 0 Å². The summed E-state index contributed by atoms with van der Waals surface area (Å²) < 4.78 is 1.86. The molecule has 0 spiro atoms. The van der Waals surface area contributed by atoms with E-state index in [4.69, 9.17) is 0 Å². The fourth-order valence-corrected chi connectivity index (χ4v) is 3.00. The van der Waals surface area contributed by atoms with Gasteiger partial charge in [-0.15, -0.1) is 5.10 Å². The summed E-state index contributed by atoms with van der Waals surface area (Å²) in [5, 5.41) is 19.1. The lowest BCUT2D eigenvalue weighted by atomic mass is 9.96. The highest BCUT2D eigenvalue weighted by Gasteiger charge is 2.25. The standard InChI is InChI=1S/C15H19N5O2/c1-12-2-3-14(15(10-12)20(21)22)18-7-4-13(5-8-18)11-19-9-6-16-17-19/h2-3,6,9-10,13H,4-5,7-8,11H2,1H3. The van der Waals surface area contributed by atoms with Crippen LogP contribution >= 0.6 is 0 Å². The molecule has 1 aromatic carbocycles. The Morgan fingerprint density at radius 3 is 2.77 bits per heavy atom. The Bertz CT molecular complexity index is 648. The Labute approximate surface area is 128 Å². The molecule has 0 bridgehead atoms. The summed E-state index contributed by atoms with van der Waals surface area (Å²) in [6.07, 6.45) is 5.57. The van der Waals surface area contributed by atoms with Gasteiger partial charge in [-0.2, -0.15) is 0 Å². The van der Waals surface area contributed by atoms with Gasteiger partial charge in [0.05, 0.1) is 11.1 Å². The Kier molecular flexibility index (Phi) is 4.04. The molecule has 0 saturated carbocycles. The van der Waals surface area contributed by atoms with Gasteiger partial charge in [0.15, 0.2) is 0 Å². The normalized spacial score (nSPS) is 16.0. The number of hydrogen-bond donors (Lipinski definition) is 0. The molecular formula is C15H19N5O2. The van der Waals surface area contributed by atoms with E-state index < -0.39 is 0 Å². The van der Waals surface area contributed by atoms with Gasteiger partial charge in [0.2, 0.25) is 0 Å². The van der Waals surface area contributed by atoms with Crippen molar-refractivity contribution in [1.29, 1.82) is 0 Å². The van der Waals surface area contributed by atoms with Crippen molar-refractivity contribution in [1.82, 2.24) is 15.0 Å². The maximum atomic E-state index is 11.3. The van der Waals surface area contributed by atoms with E-state index >= 15 is 0 Å². The van der Waals surface area contributed by atoms with Crippen LogP contribution in [0.25, 0.3) is 0 Å². The first-order valence-corrected chi connectivity index (χ1v) is 7.47. The molecule has 0 N–H and O–H groups in total. The minimum absolute atomic E-state index is 0.203. The number of anilines is 1. The molecule has 7 nitrogen and oxygen atoms in total. The molecule has 116 valence electrons. The molecule has 1 fully saturated rings. The van der Waals surface area contributed by atoms with Crippen LogP contribution in [-0.4, -0.2) is 33.0 Å². The van der Waals surface area contributed by atoms with E-state index in [0.29, 0.717) is 5.92 Å². The van der Waals surface area contributed by atoms with Gasteiger partial charge in [0.1, 0.15) is 5.69 Å². The van der Waals surface area contributed by atoms with Crippen LogP contribution in [0.1, 0.15) is 18.4 Å². The van der Waals surface area contributed by atoms with Crippen molar-refractivity contribution >= 4 is 11.4 Å². The van der Waals surface area contributed by atoms with E-state index in [9.17, 15) is 10.1 Å². The molecule has 1 aromatic heterocycles. The summed E-state index contributed by atoms with van der Waals surface area (Å²) in [6.45, 7) is 4.41. The second-order valence-electron chi connectivity index (χ2n) is 5.80. The maximum absolute atomic E-state index is 11.3. The molecule has 22 heavy (non-hydrogen) atoms. The summed E-state index contributed by atoms with van der Waals surface area (Å²) in [5.41, 5.74) is 1.85. The van der Waals surface area contributed by atoms with Crippen molar-refractivity contribution < 1.29 is 4.92 Å². The van der Waals surface area contributed by atoms with Gasteiger partial charge in [0.25, 0.3) is 5.69 Å². The van der Waals surface area contributed by atoms with Gasteiger partial charge in [-0.05, 0) is 37.3 Å². The monoisotopic (exact) mass is 301 g/mol. The zero-order chi connectivity index (χ0) is 15.5. The molecule has 7 heteroatoms. The SMILES string of the molecule is Cc1ccc(N2CCC(Cn3ccnn3)CC2)c([N+](=O)[O-])c1. The fourth-order valence-electron chi connectivity index (χ4n) is 3.00. The molecule has 1 aliphatic heterocycles. The van der Waals surface area contributed by atoms with Crippen LogP contribution in [-0.2, 0) is 6.54 Å². The molecule has 1 aliphatic rings. The van der Waals surface area contributed by atoms with Gasteiger partial charge in [-0.1, -0.05) is 11.3 Å². The Balaban J connectivity index is 1.67. The van der Waals surface area contributed by atoms with Gasteiger partial charge in [0, 0.05) is 31.9 Å². The first kappa shape index (κ1) is 14.5. The maximum Gasteiger partial charge on any atom is 0.292 e. The second kappa shape index (κ2) is 6.13. The Morgan fingerprint density at radius 1 is 1.36 bits per heavy atom. The van der Waals surface area contributed by atoms with Gasteiger partial charge in [-0.3, -0.25) is 14.8 Å². The number of aryl methyl sites for hydroxylation is 1. The Morgan fingerprint density at radius 2 is 2.14 bits per heavy atom. The minimum atomic E-state index is -0.288. The van der Waals surface area contributed by atoms with Crippen LogP contribution in [0, 0.1) is 23.0 Å². The summed E-state index contributed by atoms with van der Waals surface area (Å²) in [4.78, 5) is 13.1. The zero-order valence-electron chi connectivity index (χ0n) is 12.6. The van der Waals surface area contributed by atoms with Crippen molar-refractivity contribution in [3.05, 3.63) is 46.3 Å². The van der Waals surface area contributed by atoms with E-state index in [-0.39, 0.29) is 10.6 Å². The predicted octanol–water partition coefficient (Wildman–Crippen LogP) is 2.41. The summed E-state index contributed by atoms with van der Waals surface area (Å²) >= 11 is 0. The molecule has 3 rings (SSSR count). The zero-order valence-corrected chi connectivity index (χ0v) is 12.6. The number of piperidine rings is 1. The number of rotatable bonds is 4. The van der Waals surface area contributed by atoms with Crippen molar-refractivity contribution in [2.75, 3.05) is 18.0 Å². The van der Waals surface area contributed by atoms with E-state index in [2.05, 4.69) is 15.2 Å². The van der Waals surface area contributed by atoms with Crippen LogP contribution in [0.15, 0.2) is 30.6 Å². The van der Waals surface area contributed by atoms with E-state index in [0.717, 1.165) is 43.7 Å². The average molecular weight is 301 g/mol. The van der Waals surface area contributed by atoms with E-state index in [1.807, 2.05) is 29.9 Å². The molecule has 0 aliphatic carbocycles. The van der Waals surface area contributed by atoms with Crippen LogP contribution in [0.5, 0.6) is 0 Å². The van der Waals surface area contributed by atoms with Crippen molar-refractivity contribution in [2.24, 2.45) is 5.92 Å². The highest BCUT2D eigenvalue weighted by Crippen LogP contribution is 2.32. The van der Waals surface area contributed by atoms with Gasteiger partial charge >= 0.3 is 0 Å². The summed E-state index contributed by atoms with van der Waals surface area (Å²) in [7, 11) is 0. The van der Waals surface area contributed by atoms with Crippen LogP contribution in [0.2, 0.25) is 0 Å². The molecule has 2 heterocycles. The smallest absolute Gasteiger partial charge is 0.292 e. The number of nitro benzene ring substituents is 1. The van der Waals surface area contributed by atoms with Crippen molar-refractivity contribution in [3.63, 3.8) is 0 Å². The molecule has 2 aromatic rings. The van der Waals surface area contributed by atoms with Gasteiger partial charge < -0.3 is 4.90 Å². The van der Waals surface area contributed by atoms with Crippen molar-refractivity contribution in [2.45, 2.75) is 26.3 Å². The third-order valence-corrected chi connectivity index (χ3v) is 4.20. The molecule has 0 amide bonds. The number of aromatic nitrogens is 3. The second-order valence-corrected chi connectivity index (χ2v) is 5.80. The number of nitro groups is 1. The lowest BCUT2D eigenvalue weighted by Gasteiger charge is -2.33. The number of nitrogens with zero attached hydrogens (tertiary/aromatic N) is 5. The topological polar surface area (TPSA) is 77.1 Å². The average Bonchev–Trinajstić information content (AvgIpc) is 3.01. The van der Waals surface area contributed by atoms with Crippen LogP contribution in [0.3, 0.4) is 0 Å². The molecule has 1 saturated heterocycles. The Hall–Kier alpha value is -2.44. The van der Waals surface area contributed by atoms with Gasteiger partial charge in [-0.25, -0.2) is 0 Å². The lowest BCUT2D eigenvalue weighted by Crippen LogP contribution is -2.35. The molecule has 0 atom stereocenters. The highest BCUT2D eigenvalue weighted by molar-refractivity contribution is 5.64. The largest absolute Gasteiger partial charge is 0.366 e.